The third-order valence-electron chi connectivity index (χ3n) is 2.95. The molecular formula is C16H11ClF2N2O2. The summed E-state index contributed by atoms with van der Waals surface area (Å²) in [5.74, 6) is -1.56. The quantitative estimate of drug-likeness (QED) is 0.525. The molecule has 0 aliphatic rings. The Morgan fingerprint density at radius 1 is 1.39 bits per heavy atom. The lowest BCUT2D eigenvalue weighted by molar-refractivity contribution is -0.117. The van der Waals surface area contributed by atoms with Gasteiger partial charge in [0, 0.05) is 5.56 Å². The number of benzene rings is 1. The smallest absolute Gasteiger partial charge is 0.262 e. The lowest BCUT2D eigenvalue weighted by Gasteiger charge is -2.04. The van der Waals surface area contributed by atoms with Crippen molar-refractivity contribution in [3.05, 3.63) is 63.6 Å². The summed E-state index contributed by atoms with van der Waals surface area (Å²) < 4.78 is 32.7. The van der Waals surface area contributed by atoms with Gasteiger partial charge >= 0.3 is 0 Å². The zero-order chi connectivity index (χ0) is 17.0. The molecule has 1 amide bonds. The molecule has 7 heteroatoms. The minimum atomic E-state index is -1.03. The zero-order valence-electron chi connectivity index (χ0n) is 12.0. The maximum atomic E-state index is 13.8. The number of hydrogen-bond donors (Lipinski definition) is 1. The number of furan rings is 1. The van der Waals surface area contributed by atoms with E-state index in [1.165, 1.54) is 0 Å². The third-order valence-corrected chi connectivity index (χ3v) is 3.24. The number of nitrogens with one attached hydrogen (secondary N) is 1. The topological polar surface area (TPSA) is 66.0 Å². The van der Waals surface area contributed by atoms with E-state index in [2.05, 4.69) is 5.32 Å². The van der Waals surface area contributed by atoms with Gasteiger partial charge in [0.1, 0.15) is 29.0 Å². The molecule has 0 saturated heterocycles. The molecule has 0 aliphatic carbocycles. The highest BCUT2D eigenvalue weighted by atomic mass is 35.5. The molecule has 0 radical (unpaired) electrons. The molecule has 0 bridgehead atoms. The molecule has 0 spiro atoms. The molecule has 118 valence electrons. The van der Waals surface area contributed by atoms with Crippen LogP contribution in [-0.4, -0.2) is 5.91 Å². The van der Waals surface area contributed by atoms with Crippen LogP contribution >= 0.6 is 11.6 Å². The molecule has 1 heterocycles. The van der Waals surface area contributed by atoms with E-state index in [0.717, 1.165) is 18.2 Å². The second-order valence-electron chi connectivity index (χ2n) is 4.62. The molecule has 23 heavy (non-hydrogen) atoms. The standard InChI is InChI=1S/C16H11ClF2N2O2/c1-9-2-3-11(23-9)8-21-16(22)10(7-20)6-12-14(18)5-4-13(17)15(12)19/h2-6H,8H2,1H3,(H,21,22)/b10-6+. The first-order valence-corrected chi connectivity index (χ1v) is 6.89. The molecule has 0 aliphatic heterocycles. The Morgan fingerprint density at radius 3 is 2.74 bits per heavy atom. The number of carbonyl (C=O) groups is 1. The Kier molecular flexibility index (Phi) is 5.14. The van der Waals surface area contributed by atoms with Crippen LogP contribution in [0.4, 0.5) is 8.78 Å². The normalized spacial score (nSPS) is 11.2. The molecule has 1 aromatic heterocycles. The molecule has 2 aromatic rings. The fraction of sp³-hybridized carbons (Fsp3) is 0.125. The van der Waals surface area contributed by atoms with Gasteiger partial charge < -0.3 is 9.73 Å². The Morgan fingerprint density at radius 2 is 2.13 bits per heavy atom. The van der Waals surface area contributed by atoms with Gasteiger partial charge in [-0.3, -0.25) is 4.79 Å². The summed E-state index contributed by atoms with van der Waals surface area (Å²) in [6.07, 6.45) is 0.819. The van der Waals surface area contributed by atoms with Gasteiger partial charge in [0.25, 0.3) is 5.91 Å². The first-order valence-electron chi connectivity index (χ1n) is 6.51. The van der Waals surface area contributed by atoms with E-state index in [-0.39, 0.29) is 11.6 Å². The first-order chi connectivity index (χ1) is 10.9. The van der Waals surface area contributed by atoms with Crippen molar-refractivity contribution >= 4 is 23.6 Å². The summed E-state index contributed by atoms with van der Waals surface area (Å²) in [6, 6.07) is 7.00. The lowest BCUT2D eigenvalue weighted by atomic mass is 10.1. The Labute approximate surface area is 136 Å². The molecule has 1 aromatic carbocycles. The monoisotopic (exact) mass is 336 g/mol. The van der Waals surface area contributed by atoms with E-state index in [0.29, 0.717) is 11.5 Å². The number of amides is 1. The van der Waals surface area contributed by atoms with Gasteiger partial charge in [-0.2, -0.15) is 5.26 Å². The van der Waals surface area contributed by atoms with Gasteiger partial charge in [0.15, 0.2) is 5.82 Å². The summed E-state index contributed by atoms with van der Waals surface area (Å²) in [7, 11) is 0. The lowest BCUT2D eigenvalue weighted by Crippen LogP contribution is -2.23. The van der Waals surface area contributed by atoms with Crippen molar-refractivity contribution in [3.63, 3.8) is 0 Å². The highest BCUT2D eigenvalue weighted by Gasteiger charge is 2.15. The van der Waals surface area contributed by atoms with Crippen LogP contribution in [0.1, 0.15) is 17.1 Å². The van der Waals surface area contributed by atoms with Crippen molar-refractivity contribution in [2.45, 2.75) is 13.5 Å². The van der Waals surface area contributed by atoms with Crippen LogP contribution in [0.2, 0.25) is 5.02 Å². The summed E-state index contributed by atoms with van der Waals surface area (Å²) in [5.41, 5.74) is -0.994. The molecule has 0 unspecified atom stereocenters. The second-order valence-corrected chi connectivity index (χ2v) is 5.03. The minimum Gasteiger partial charge on any atom is -0.465 e. The van der Waals surface area contributed by atoms with Crippen LogP contribution in [0.25, 0.3) is 6.08 Å². The van der Waals surface area contributed by atoms with Crippen molar-refractivity contribution < 1.29 is 18.0 Å². The first kappa shape index (κ1) is 16.7. The highest BCUT2D eigenvalue weighted by molar-refractivity contribution is 6.30. The predicted molar refractivity (Wildman–Crippen MR) is 80.2 cm³/mol. The van der Waals surface area contributed by atoms with Gasteiger partial charge in [-0.05, 0) is 37.3 Å². The van der Waals surface area contributed by atoms with Gasteiger partial charge in [0.2, 0.25) is 0 Å². The molecular weight excluding hydrogens is 326 g/mol. The largest absolute Gasteiger partial charge is 0.465 e. The predicted octanol–water partition coefficient (Wildman–Crippen LogP) is 3.74. The maximum absolute atomic E-state index is 13.8. The zero-order valence-corrected chi connectivity index (χ0v) is 12.7. The van der Waals surface area contributed by atoms with Crippen molar-refractivity contribution in [2.75, 3.05) is 0 Å². The van der Waals surface area contributed by atoms with Crippen molar-refractivity contribution in [1.82, 2.24) is 5.32 Å². The van der Waals surface area contributed by atoms with Crippen LogP contribution in [0.3, 0.4) is 0 Å². The van der Waals surface area contributed by atoms with Gasteiger partial charge in [0.05, 0.1) is 11.6 Å². The van der Waals surface area contributed by atoms with Gasteiger partial charge in [-0.15, -0.1) is 0 Å². The molecule has 2 rings (SSSR count). The number of nitriles is 1. The van der Waals surface area contributed by atoms with E-state index in [1.807, 2.05) is 0 Å². The van der Waals surface area contributed by atoms with Gasteiger partial charge in [-0.1, -0.05) is 11.6 Å². The summed E-state index contributed by atoms with van der Waals surface area (Å²) in [6.45, 7) is 1.79. The number of nitrogens with zero attached hydrogens (tertiary/aromatic N) is 1. The molecule has 4 nitrogen and oxygen atoms in total. The average molecular weight is 337 g/mol. The Bertz CT molecular complexity index is 822. The molecule has 0 fully saturated rings. The average Bonchev–Trinajstić information content (AvgIpc) is 2.94. The third kappa shape index (κ3) is 3.96. The summed E-state index contributed by atoms with van der Waals surface area (Å²) in [4.78, 5) is 11.9. The van der Waals surface area contributed by atoms with Crippen LogP contribution in [0.5, 0.6) is 0 Å². The number of halogens is 3. The van der Waals surface area contributed by atoms with E-state index in [1.54, 1.807) is 25.1 Å². The van der Waals surface area contributed by atoms with Crippen LogP contribution < -0.4 is 5.32 Å². The molecule has 1 N–H and O–H groups in total. The minimum absolute atomic E-state index is 0.0478. The second kappa shape index (κ2) is 7.07. The van der Waals surface area contributed by atoms with E-state index < -0.39 is 28.7 Å². The van der Waals surface area contributed by atoms with E-state index in [4.69, 9.17) is 21.3 Å². The highest BCUT2D eigenvalue weighted by Crippen LogP contribution is 2.23. The fourth-order valence-corrected chi connectivity index (χ4v) is 1.98. The number of carbonyl (C=O) groups excluding carboxylic acids is 1. The Hall–Kier alpha value is -2.65. The number of aryl methyl sites for hydroxylation is 1. The van der Waals surface area contributed by atoms with Crippen LogP contribution in [0.15, 0.2) is 34.3 Å². The fourth-order valence-electron chi connectivity index (χ4n) is 1.81. The van der Waals surface area contributed by atoms with Crippen molar-refractivity contribution in [3.8, 4) is 6.07 Å². The summed E-state index contributed by atoms with van der Waals surface area (Å²) >= 11 is 5.57. The van der Waals surface area contributed by atoms with Crippen molar-refractivity contribution in [2.24, 2.45) is 0 Å². The number of hydrogen-bond acceptors (Lipinski definition) is 3. The van der Waals surface area contributed by atoms with Gasteiger partial charge in [-0.25, -0.2) is 8.78 Å². The summed E-state index contributed by atoms with van der Waals surface area (Å²) in [5, 5.41) is 11.2. The molecule has 0 saturated carbocycles. The van der Waals surface area contributed by atoms with Crippen LogP contribution in [0, 0.1) is 29.9 Å². The van der Waals surface area contributed by atoms with E-state index >= 15 is 0 Å². The number of rotatable bonds is 4. The van der Waals surface area contributed by atoms with E-state index in [9.17, 15) is 13.6 Å². The van der Waals surface area contributed by atoms with Crippen molar-refractivity contribution in [1.29, 1.82) is 5.26 Å². The SMILES string of the molecule is Cc1ccc(CNC(=O)/C(C#N)=C/c2c(F)ccc(Cl)c2F)o1. The maximum Gasteiger partial charge on any atom is 0.262 e. The Balaban J connectivity index is 2.20. The van der Waals surface area contributed by atoms with Crippen LogP contribution in [-0.2, 0) is 11.3 Å². The molecule has 0 atom stereocenters.